The fourth-order valence-corrected chi connectivity index (χ4v) is 4.05. The van der Waals surface area contributed by atoms with Crippen LogP contribution in [-0.2, 0) is 0 Å². The summed E-state index contributed by atoms with van der Waals surface area (Å²) in [6.45, 7) is 11.5. The molecule has 1 aromatic carbocycles. The number of hydrogen-bond acceptors (Lipinski definition) is 5. The van der Waals surface area contributed by atoms with Crippen LogP contribution in [0.4, 0.5) is 11.5 Å². The van der Waals surface area contributed by atoms with Crippen molar-refractivity contribution >= 4 is 39.0 Å². The van der Waals surface area contributed by atoms with E-state index in [0.717, 1.165) is 27.5 Å². The van der Waals surface area contributed by atoms with Crippen molar-refractivity contribution in [2.75, 3.05) is 18.4 Å². The number of nitrogens with one attached hydrogen (secondary N) is 1. The van der Waals surface area contributed by atoms with Crippen LogP contribution in [0.2, 0.25) is 0 Å². The van der Waals surface area contributed by atoms with Gasteiger partial charge in [-0.2, -0.15) is 0 Å². The van der Waals surface area contributed by atoms with Crippen molar-refractivity contribution in [3.05, 3.63) is 46.1 Å². The number of rotatable bonds is 5. The van der Waals surface area contributed by atoms with E-state index in [2.05, 4.69) is 29.1 Å². The van der Waals surface area contributed by atoms with Crippen molar-refractivity contribution < 1.29 is 4.79 Å². The Labute approximate surface area is 158 Å². The molecular formula is C20H24N4OS. The summed E-state index contributed by atoms with van der Waals surface area (Å²) >= 11 is 1.69. The van der Waals surface area contributed by atoms with Crippen molar-refractivity contribution in [3.63, 3.8) is 0 Å². The van der Waals surface area contributed by atoms with Gasteiger partial charge in [-0.05, 0) is 64.4 Å². The van der Waals surface area contributed by atoms with Gasteiger partial charge in [-0.25, -0.2) is 9.97 Å². The van der Waals surface area contributed by atoms with Crippen LogP contribution in [-0.4, -0.2) is 33.9 Å². The lowest BCUT2D eigenvalue weighted by atomic mass is 10.1. The Hall–Kier alpha value is -2.47. The first-order valence-corrected chi connectivity index (χ1v) is 9.66. The summed E-state index contributed by atoms with van der Waals surface area (Å²) in [5, 5.41) is 4.47. The summed E-state index contributed by atoms with van der Waals surface area (Å²) in [5.74, 6) is 1.62. The van der Waals surface area contributed by atoms with E-state index >= 15 is 0 Å². The Morgan fingerprint density at radius 2 is 1.73 bits per heavy atom. The lowest BCUT2D eigenvalue weighted by Crippen LogP contribution is -2.30. The number of carbonyl (C=O) groups is 1. The number of aryl methyl sites for hydroxylation is 3. The van der Waals surface area contributed by atoms with E-state index in [4.69, 9.17) is 0 Å². The number of carbonyl (C=O) groups excluding carboxylic acids is 1. The van der Waals surface area contributed by atoms with Gasteiger partial charge in [0.05, 0.1) is 5.39 Å². The molecule has 3 aromatic rings. The molecule has 6 heteroatoms. The zero-order chi connectivity index (χ0) is 18.8. The van der Waals surface area contributed by atoms with Gasteiger partial charge in [0.25, 0.3) is 5.91 Å². The smallest absolute Gasteiger partial charge is 0.253 e. The lowest BCUT2D eigenvalue weighted by molar-refractivity contribution is 0.0773. The molecule has 0 fully saturated rings. The number of nitrogens with zero attached hydrogens (tertiary/aromatic N) is 3. The van der Waals surface area contributed by atoms with Crippen LogP contribution in [0.5, 0.6) is 0 Å². The second-order valence-corrected chi connectivity index (χ2v) is 7.47. The molecule has 0 aliphatic rings. The molecule has 0 radical (unpaired) electrons. The molecule has 0 aliphatic carbocycles. The van der Waals surface area contributed by atoms with Gasteiger partial charge in [-0.3, -0.25) is 4.79 Å². The van der Waals surface area contributed by atoms with E-state index in [1.54, 1.807) is 11.3 Å². The summed E-state index contributed by atoms with van der Waals surface area (Å²) in [7, 11) is 0. The van der Waals surface area contributed by atoms with Crippen molar-refractivity contribution in [1.82, 2.24) is 14.9 Å². The third-order valence-electron chi connectivity index (χ3n) is 4.59. The molecule has 2 aromatic heterocycles. The first kappa shape index (κ1) is 18.3. The number of fused-ring (bicyclic) bond motifs is 1. The molecule has 0 atom stereocenters. The van der Waals surface area contributed by atoms with Crippen LogP contribution in [0, 0.1) is 20.8 Å². The van der Waals surface area contributed by atoms with Crippen LogP contribution in [0.1, 0.15) is 40.5 Å². The van der Waals surface area contributed by atoms with Gasteiger partial charge in [0.2, 0.25) is 0 Å². The molecule has 0 saturated heterocycles. The van der Waals surface area contributed by atoms with Crippen LogP contribution in [0.25, 0.3) is 10.2 Å². The highest BCUT2D eigenvalue weighted by molar-refractivity contribution is 7.18. The number of aromatic nitrogens is 2. The first-order valence-electron chi connectivity index (χ1n) is 8.85. The van der Waals surface area contributed by atoms with Gasteiger partial charge in [0.1, 0.15) is 16.5 Å². The van der Waals surface area contributed by atoms with Gasteiger partial charge < -0.3 is 10.2 Å². The molecule has 0 spiro atoms. The zero-order valence-electron chi connectivity index (χ0n) is 15.9. The predicted molar refractivity (Wildman–Crippen MR) is 109 cm³/mol. The first-order chi connectivity index (χ1) is 12.4. The fraction of sp³-hybridized carbons (Fsp3) is 0.350. The molecule has 136 valence electrons. The summed E-state index contributed by atoms with van der Waals surface area (Å²) < 4.78 is 0. The average Bonchev–Trinajstić information content (AvgIpc) is 2.90. The van der Waals surface area contributed by atoms with E-state index in [1.165, 1.54) is 10.4 Å². The second-order valence-electron chi connectivity index (χ2n) is 6.26. The third kappa shape index (κ3) is 3.42. The van der Waals surface area contributed by atoms with Crippen molar-refractivity contribution in [1.29, 1.82) is 0 Å². The van der Waals surface area contributed by atoms with Gasteiger partial charge in [-0.15, -0.1) is 11.3 Å². The largest absolute Gasteiger partial charge is 0.340 e. The van der Waals surface area contributed by atoms with Gasteiger partial charge in [0.15, 0.2) is 0 Å². The number of anilines is 2. The molecule has 26 heavy (non-hydrogen) atoms. The minimum absolute atomic E-state index is 0.0612. The Morgan fingerprint density at radius 1 is 1.08 bits per heavy atom. The molecule has 0 bridgehead atoms. The molecule has 1 N–H and O–H groups in total. The zero-order valence-corrected chi connectivity index (χ0v) is 16.7. The fourth-order valence-electron chi connectivity index (χ4n) is 2.97. The normalized spacial score (nSPS) is 11.0. The number of hydrogen-bond donors (Lipinski definition) is 1. The summed E-state index contributed by atoms with van der Waals surface area (Å²) in [5.41, 5.74) is 2.82. The molecular weight excluding hydrogens is 344 g/mol. The molecule has 5 nitrogen and oxygen atoms in total. The van der Waals surface area contributed by atoms with Crippen molar-refractivity contribution in [3.8, 4) is 0 Å². The van der Waals surface area contributed by atoms with E-state index in [1.807, 2.05) is 49.9 Å². The van der Waals surface area contributed by atoms with E-state index < -0.39 is 0 Å². The number of benzene rings is 1. The maximum atomic E-state index is 12.4. The van der Waals surface area contributed by atoms with Crippen molar-refractivity contribution in [2.45, 2.75) is 34.6 Å². The van der Waals surface area contributed by atoms with Gasteiger partial charge in [0, 0.05) is 29.2 Å². The summed E-state index contributed by atoms with van der Waals surface area (Å²) in [4.78, 5) is 25.6. The monoisotopic (exact) mass is 368 g/mol. The molecule has 0 saturated carbocycles. The topological polar surface area (TPSA) is 58.1 Å². The Morgan fingerprint density at radius 3 is 2.35 bits per heavy atom. The van der Waals surface area contributed by atoms with Gasteiger partial charge >= 0.3 is 0 Å². The highest BCUT2D eigenvalue weighted by atomic mass is 32.1. The Balaban J connectivity index is 1.90. The highest BCUT2D eigenvalue weighted by Crippen LogP contribution is 2.34. The van der Waals surface area contributed by atoms with Gasteiger partial charge in [-0.1, -0.05) is 0 Å². The van der Waals surface area contributed by atoms with Crippen molar-refractivity contribution in [2.24, 2.45) is 0 Å². The molecule has 1 amide bonds. The maximum absolute atomic E-state index is 12.4. The third-order valence-corrected chi connectivity index (χ3v) is 5.69. The van der Waals surface area contributed by atoms with E-state index in [9.17, 15) is 4.79 Å². The molecule has 2 heterocycles. The SMILES string of the molecule is CCN(CC)C(=O)c1ccc(Nc2nc(C)nc3sc(C)c(C)c23)cc1. The van der Waals surface area contributed by atoms with E-state index in [0.29, 0.717) is 18.7 Å². The minimum atomic E-state index is 0.0612. The molecule has 3 rings (SSSR count). The summed E-state index contributed by atoms with van der Waals surface area (Å²) in [6, 6.07) is 7.57. The summed E-state index contributed by atoms with van der Waals surface area (Å²) in [6.07, 6.45) is 0. The van der Waals surface area contributed by atoms with Crippen LogP contribution in [0.3, 0.4) is 0 Å². The average molecular weight is 369 g/mol. The van der Waals surface area contributed by atoms with Crippen LogP contribution < -0.4 is 5.32 Å². The van der Waals surface area contributed by atoms with Crippen LogP contribution in [0.15, 0.2) is 24.3 Å². The Bertz CT molecular complexity index is 943. The molecule has 0 unspecified atom stereocenters. The number of amides is 1. The van der Waals surface area contributed by atoms with E-state index in [-0.39, 0.29) is 5.91 Å². The Kier molecular flexibility index (Phi) is 5.23. The lowest BCUT2D eigenvalue weighted by Gasteiger charge is -2.18. The minimum Gasteiger partial charge on any atom is -0.340 e. The van der Waals surface area contributed by atoms with Crippen LogP contribution >= 0.6 is 11.3 Å². The standard InChI is InChI=1S/C20H24N4OS/c1-6-24(7-2)20(25)15-8-10-16(11-9-15)23-18-17-12(3)13(4)26-19(17)22-14(5)21-18/h8-11H,6-7H2,1-5H3,(H,21,22,23). The highest BCUT2D eigenvalue weighted by Gasteiger charge is 2.15. The maximum Gasteiger partial charge on any atom is 0.253 e. The predicted octanol–water partition coefficient (Wildman–Crippen LogP) is 4.84. The second kappa shape index (κ2) is 7.41. The number of thiophene rings is 1. The quantitative estimate of drug-likeness (QED) is 0.700. The molecule has 0 aliphatic heterocycles.